The average molecular weight is 542 g/mol. The van der Waals surface area contributed by atoms with Gasteiger partial charge in [-0.2, -0.15) is 0 Å². The normalized spacial score (nSPS) is 14.5. The van der Waals surface area contributed by atoms with Crippen LogP contribution in [0.5, 0.6) is 5.75 Å². The highest BCUT2D eigenvalue weighted by Crippen LogP contribution is 2.35. The highest BCUT2D eigenvalue weighted by Gasteiger charge is 2.36. The fourth-order valence-electron chi connectivity index (χ4n) is 3.42. The first-order chi connectivity index (χ1) is 17.6. The number of nitrogens with one attached hydrogen (secondary N) is 2. The Morgan fingerprint density at radius 1 is 1.03 bits per heavy atom. The van der Waals surface area contributed by atoms with Crippen LogP contribution < -0.4 is 20.3 Å². The maximum absolute atomic E-state index is 13.3. The summed E-state index contributed by atoms with van der Waals surface area (Å²) in [5.74, 6) is -2.79. The number of anilines is 2. The van der Waals surface area contributed by atoms with E-state index in [1.807, 2.05) is 19.1 Å². The summed E-state index contributed by atoms with van der Waals surface area (Å²) in [6.07, 6.45) is 1.20. The summed E-state index contributed by atoms with van der Waals surface area (Å²) >= 11 is 12.6. The number of halogens is 3. The zero-order valence-electron chi connectivity index (χ0n) is 19.2. The van der Waals surface area contributed by atoms with Gasteiger partial charge in [0.2, 0.25) is 0 Å². The van der Waals surface area contributed by atoms with Crippen molar-refractivity contribution < 1.29 is 28.3 Å². The molecule has 11 heteroatoms. The molecule has 4 rings (SSSR count). The van der Waals surface area contributed by atoms with Gasteiger partial charge < -0.3 is 10.1 Å². The number of nitrogens with zero attached hydrogens (tertiary/aromatic N) is 1. The third-order valence-corrected chi connectivity index (χ3v) is 5.76. The average Bonchev–Trinajstić information content (AvgIpc) is 2.84. The molecule has 1 heterocycles. The van der Waals surface area contributed by atoms with Crippen molar-refractivity contribution in [1.29, 1.82) is 0 Å². The van der Waals surface area contributed by atoms with Crippen molar-refractivity contribution in [2.24, 2.45) is 0 Å². The van der Waals surface area contributed by atoms with Crippen LogP contribution in [0.3, 0.4) is 0 Å². The van der Waals surface area contributed by atoms with E-state index in [0.29, 0.717) is 10.6 Å². The minimum absolute atomic E-state index is 0.0256. The molecule has 1 fully saturated rings. The van der Waals surface area contributed by atoms with Crippen molar-refractivity contribution in [1.82, 2.24) is 5.32 Å². The number of carbonyl (C=O) groups excluding carboxylic acids is 4. The zero-order valence-corrected chi connectivity index (χ0v) is 20.7. The van der Waals surface area contributed by atoms with Crippen molar-refractivity contribution in [3.8, 4) is 5.75 Å². The van der Waals surface area contributed by atoms with Crippen molar-refractivity contribution in [2.45, 2.75) is 6.92 Å². The van der Waals surface area contributed by atoms with Crippen molar-refractivity contribution in [2.75, 3.05) is 16.8 Å². The Labute approximate surface area is 220 Å². The third-order valence-electron chi connectivity index (χ3n) is 5.20. The quantitative estimate of drug-likeness (QED) is 0.332. The summed E-state index contributed by atoms with van der Waals surface area (Å²) in [6.45, 7) is 1.55. The molecule has 1 saturated heterocycles. The lowest BCUT2D eigenvalue weighted by Crippen LogP contribution is -2.54. The number of carbonyl (C=O) groups is 4. The maximum atomic E-state index is 13.3. The number of aryl methyl sites for hydroxylation is 1. The van der Waals surface area contributed by atoms with Crippen molar-refractivity contribution >= 4 is 64.4 Å². The standard InChI is InChI=1S/C26H18Cl2FN3O5/c1-14-2-6-17(7-3-14)30-22(33)13-37-23-20(27)11-15(12-21(23)28)10-19-24(34)31-26(36)32(25(19)35)18-8-4-16(29)5-9-18/h2-12H,13H2,1H3,(H,30,33)(H,31,34,36)/b19-10+. The first-order valence-electron chi connectivity index (χ1n) is 10.8. The van der Waals surface area contributed by atoms with E-state index in [1.54, 1.807) is 12.1 Å². The molecule has 0 radical (unpaired) electrons. The van der Waals surface area contributed by atoms with Crippen LogP contribution in [-0.4, -0.2) is 30.4 Å². The number of urea groups is 1. The van der Waals surface area contributed by atoms with Crippen LogP contribution in [0.4, 0.5) is 20.6 Å². The number of ether oxygens (including phenoxy) is 1. The minimum atomic E-state index is -0.970. The van der Waals surface area contributed by atoms with E-state index >= 15 is 0 Å². The molecule has 2 N–H and O–H groups in total. The molecule has 0 saturated carbocycles. The number of hydrogen-bond acceptors (Lipinski definition) is 5. The molecule has 5 amide bonds. The maximum Gasteiger partial charge on any atom is 0.335 e. The summed E-state index contributed by atoms with van der Waals surface area (Å²) < 4.78 is 18.8. The summed E-state index contributed by atoms with van der Waals surface area (Å²) in [6, 6.07) is 13.6. The number of rotatable bonds is 6. The smallest absolute Gasteiger partial charge is 0.335 e. The molecular weight excluding hydrogens is 524 g/mol. The molecule has 0 spiro atoms. The molecule has 0 atom stereocenters. The Hall–Kier alpha value is -4.21. The Balaban J connectivity index is 1.51. The van der Waals surface area contributed by atoms with Crippen LogP contribution in [-0.2, 0) is 14.4 Å². The molecule has 0 unspecified atom stereocenters. The van der Waals surface area contributed by atoms with Gasteiger partial charge in [0.25, 0.3) is 17.7 Å². The fourth-order valence-corrected chi connectivity index (χ4v) is 4.03. The second kappa shape index (κ2) is 10.8. The van der Waals surface area contributed by atoms with E-state index in [0.717, 1.165) is 17.7 Å². The summed E-state index contributed by atoms with van der Waals surface area (Å²) in [7, 11) is 0. The van der Waals surface area contributed by atoms with Gasteiger partial charge in [-0.15, -0.1) is 0 Å². The van der Waals surface area contributed by atoms with Gasteiger partial charge in [0.15, 0.2) is 12.4 Å². The van der Waals surface area contributed by atoms with Gasteiger partial charge in [-0.1, -0.05) is 40.9 Å². The van der Waals surface area contributed by atoms with Gasteiger partial charge in [-0.3, -0.25) is 19.7 Å². The SMILES string of the molecule is Cc1ccc(NC(=O)COc2c(Cl)cc(/C=C3\C(=O)NC(=O)N(c4ccc(F)cc4)C3=O)cc2Cl)cc1. The molecule has 3 aromatic carbocycles. The lowest BCUT2D eigenvalue weighted by Gasteiger charge is -2.26. The summed E-state index contributed by atoms with van der Waals surface area (Å²) in [5.41, 5.74) is 1.61. The predicted molar refractivity (Wildman–Crippen MR) is 137 cm³/mol. The lowest BCUT2D eigenvalue weighted by atomic mass is 10.1. The highest BCUT2D eigenvalue weighted by atomic mass is 35.5. The van der Waals surface area contributed by atoms with Crippen LogP contribution in [0.1, 0.15) is 11.1 Å². The molecule has 0 aliphatic carbocycles. The molecule has 1 aliphatic heterocycles. The van der Waals surface area contributed by atoms with Crippen LogP contribution in [0.15, 0.2) is 66.2 Å². The number of benzene rings is 3. The van der Waals surface area contributed by atoms with Crippen LogP contribution in [0, 0.1) is 12.7 Å². The largest absolute Gasteiger partial charge is 0.481 e. The molecule has 0 aromatic heterocycles. The Kier molecular flexibility index (Phi) is 7.56. The van der Waals surface area contributed by atoms with Gasteiger partial charge >= 0.3 is 6.03 Å². The number of amides is 5. The van der Waals surface area contributed by atoms with Crippen molar-refractivity contribution in [3.63, 3.8) is 0 Å². The van der Waals surface area contributed by atoms with Crippen LogP contribution in [0.25, 0.3) is 6.08 Å². The van der Waals surface area contributed by atoms with Crippen LogP contribution >= 0.6 is 23.2 Å². The number of imide groups is 2. The van der Waals surface area contributed by atoms with Gasteiger partial charge in [-0.25, -0.2) is 14.1 Å². The molecule has 1 aliphatic rings. The molecular formula is C26H18Cl2FN3O5. The summed E-state index contributed by atoms with van der Waals surface area (Å²) in [5, 5.41) is 4.80. The van der Waals surface area contributed by atoms with E-state index in [2.05, 4.69) is 10.6 Å². The predicted octanol–water partition coefficient (Wildman–Crippen LogP) is 5.12. The molecule has 188 valence electrons. The van der Waals surface area contributed by atoms with Gasteiger partial charge in [-0.05, 0) is 67.1 Å². The lowest BCUT2D eigenvalue weighted by molar-refractivity contribution is -0.122. The molecule has 3 aromatic rings. The molecule has 8 nitrogen and oxygen atoms in total. The third kappa shape index (κ3) is 5.96. The fraction of sp³-hybridized carbons (Fsp3) is 0.0769. The first-order valence-corrected chi connectivity index (χ1v) is 11.5. The number of barbiturate groups is 1. The Morgan fingerprint density at radius 3 is 2.27 bits per heavy atom. The topological polar surface area (TPSA) is 105 Å². The number of hydrogen-bond donors (Lipinski definition) is 2. The van der Waals surface area contributed by atoms with E-state index < -0.39 is 29.6 Å². The monoisotopic (exact) mass is 541 g/mol. The molecule has 37 heavy (non-hydrogen) atoms. The van der Waals surface area contributed by atoms with Gasteiger partial charge in [0.1, 0.15) is 11.4 Å². The minimum Gasteiger partial charge on any atom is -0.481 e. The Morgan fingerprint density at radius 2 is 1.65 bits per heavy atom. The molecule has 0 bridgehead atoms. The second-order valence-corrected chi connectivity index (χ2v) is 8.77. The van der Waals surface area contributed by atoms with Gasteiger partial charge in [0, 0.05) is 5.69 Å². The van der Waals surface area contributed by atoms with Gasteiger partial charge in [0.05, 0.1) is 15.7 Å². The van der Waals surface area contributed by atoms with E-state index in [4.69, 9.17) is 27.9 Å². The second-order valence-electron chi connectivity index (χ2n) is 7.95. The zero-order chi connectivity index (χ0) is 26.7. The van der Waals surface area contributed by atoms with E-state index in [9.17, 15) is 23.6 Å². The summed E-state index contributed by atoms with van der Waals surface area (Å²) in [4.78, 5) is 50.6. The first kappa shape index (κ1) is 25.9. The van der Waals surface area contributed by atoms with Crippen molar-refractivity contribution in [3.05, 3.63) is 93.2 Å². The van der Waals surface area contributed by atoms with Crippen LogP contribution in [0.2, 0.25) is 10.0 Å². The van der Waals surface area contributed by atoms with E-state index in [1.165, 1.54) is 30.3 Å². The highest BCUT2D eigenvalue weighted by molar-refractivity contribution is 6.40. The van der Waals surface area contributed by atoms with E-state index in [-0.39, 0.29) is 39.2 Å². The Bertz CT molecular complexity index is 1420.